The van der Waals surface area contributed by atoms with Gasteiger partial charge in [-0.2, -0.15) is 0 Å². The molecule has 0 aliphatic carbocycles. The lowest BCUT2D eigenvalue weighted by Gasteiger charge is -2.27. The van der Waals surface area contributed by atoms with E-state index in [0.29, 0.717) is 13.1 Å². The van der Waals surface area contributed by atoms with Gasteiger partial charge in [0.2, 0.25) is 10.0 Å². The van der Waals surface area contributed by atoms with Gasteiger partial charge in [0.1, 0.15) is 5.75 Å². The average molecular weight is 316 g/mol. The first-order valence-electron chi connectivity index (χ1n) is 6.86. The summed E-state index contributed by atoms with van der Waals surface area (Å²) in [5.41, 5.74) is 0.958. The predicted molar refractivity (Wildman–Crippen MR) is 82.9 cm³/mol. The van der Waals surface area contributed by atoms with Crippen LogP contribution in [-0.4, -0.2) is 58.0 Å². The van der Waals surface area contributed by atoms with Gasteiger partial charge in [-0.15, -0.1) is 0 Å². The second kappa shape index (κ2) is 8.33. The fourth-order valence-electron chi connectivity index (χ4n) is 1.96. The number of rotatable bonds is 9. The third kappa shape index (κ3) is 5.62. The van der Waals surface area contributed by atoms with Gasteiger partial charge in [-0.3, -0.25) is 4.90 Å². The lowest BCUT2D eigenvalue weighted by atomic mass is 10.1. The Bertz CT molecular complexity index is 516. The summed E-state index contributed by atoms with van der Waals surface area (Å²) in [7, 11) is 0.277. The largest absolute Gasteiger partial charge is 0.497 e. The fraction of sp³-hybridized carbons (Fsp3) is 0.571. The Morgan fingerprint density at radius 3 is 2.43 bits per heavy atom. The van der Waals surface area contributed by atoms with Gasteiger partial charge in [0.05, 0.1) is 25.5 Å². The Kier molecular flexibility index (Phi) is 7.10. The van der Waals surface area contributed by atoms with Gasteiger partial charge in [-0.1, -0.05) is 12.1 Å². The second-order valence-corrected chi connectivity index (χ2v) is 6.85. The highest BCUT2D eigenvalue weighted by Crippen LogP contribution is 2.21. The van der Waals surface area contributed by atoms with Crippen molar-refractivity contribution in [2.75, 3.05) is 39.6 Å². The molecule has 0 radical (unpaired) electrons. The standard InChI is InChI=1S/C14H24N2O4S/c1-4-21(18,19)15-9-10-16(2)14(11-17)12-5-7-13(20-3)8-6-12/h5-8,14-15,17H,4,9-11H2,1-3H3. The molecule has 21 heavy (non-hydrogen) atoms. The lowest BCUT2D eigenvalue weighted by molar-refractivity contribution is 0.150. The Morgan fingerprint density at radius 1 is 1.33 bits per heavy atom. The first kappa shape index (κ1) is 17.9. The highest BCUT2D eigenvalue weighted by Gasteiger charge is 2.16. The summed E-state index contributed by atoms with van der Waals surface area (Å²) >= 11 is 0. The van der Waals surface area contributed by atoms with Gasteiger partial charge >= 0.3 is 0 Å². The highest BCUT2D eigenvalue weighted by atomic mass is 32.2. The van der Waals surface area contributed by atoms with Gasteiger partial charge < -0.3 is 9.84 Å². The first-order valence-corrected chi connectivity index (χ1v) is 8.51. The van der Waals surface area contributed by atoms with Crippen LogP contribution in [0.5, 0.6) is 5.75 Å². The number of methoxy groups -OCH3 is 1. The van der Waals surface area contributed by atoms with Crippen LogP contribution in [0, 0.1) is 0 Å². The minimum atomic E-state index is -3.18. The minimum Gasteiger partial charge on any atom is -0.497 e. The van der Waals surface area contributed by atoms with E-state index in [4.69, 9.17) is 4.74 Å². The van der Waals surface area contributed by atoms with Crippen LogP contribution in [0.3, 0.4) is 0 Å². The average Bonchev–Trinajstić information content (AvgIpc) is 2.48. The molecule has 1 atom stereocenters. The Labute approximate surface area is 126 Å². The van der Waals surface area contributed by atoms with Crippen molar-refractivity contribution in [2.45, 2.75) is 13.0 Å². The van der Waals surface area contributed by atoms with E-state index in [-0.39, 0.29) is 18.4 Å². The lowest BCUT2D eigenvalue weighted by Crippen LogP contribution is -2.36. The zero-order valence-electron chi connectivity index (χ0n) is 12.7. The van der Waals surface area contributed by atoms with Crippen molar-refractivity contribution in [3.63, 3.8) is 0 Å². The number of hydrogen-bond donors (Lipinski definition) is 2. The van der Waals surface area contributed by atoms with Crippen LogP contribution in [0.15, 0.2) is 24.3 Å². The maximum absolute atomic E-state index is 11.4. The van der Waals surface area contributed by atoms with Crippen molar-refractivity contribution in [2.24, 2.45) is 0 Å². The number of nitrogens with one attached hydrogen (secondary N) is 1. The van der Waals surface area contributed by atoms with E-state index in [1.165, 1.54) is 0 Å². The molecule has 1 rings (SSSR count). The predicted octanol–water partition coefficient (Wildman–Crippen LogP) is 0.600. The molecule has 2 N–H and O–H groups in total. The van der Waals surface area contributed by atoms with Crippen LogP contribution in [0.4, 0.5) is 0 Å². The number of aliphatic hydroxyl groups is 1. The van der Waals surface area contributed by atoms with E-state index in [9.17, 15) is 13.5 Å². The molecule has 1 aromatic carbocycles. The molecule has 0 amide bonds. The summed E-state index contributed by atoms with van der Waals surface area (Å²) < 4.78 is 30.4. The normalized spacial score (nSPS) is 13.4. The molecular weight excluding hydrogens is 292 g/mol. The molecule has 0 heterocycles. The second-order valence-electron chi connectivity index (χ2n) is 4.75. The monoisotopic (exact) mass is 316 g/mol. The molecular formula is C14H24N2O4S. The van der Waals surface area contributed by atoms with Crippen molar-refractivity contribution in [3.05, 3.63) is 29.8 Å². The number of hydrogen-bond acceptors (Lipinski definition) is 5. The molecule has 1 unspecified atom stereocenters. The third-order valence-electron chi connectivity index (χ3n) is 3.37. The molecule has 0 saturated carbocycles. The smallest absolute Gasteiger partial charge is 0.211 e. The van der Waals surface area contributed by atoms with Gasteiger partial charge in [0.15, 0.2) is 0 Å². The van der Waals surface area contributed by atoms with Gasteiger partial charge in [0.25, 0.3) is 0 Å². The van der Waals surface area contributed by atoms with Crippen LogP contribution in [0.25, 0.3) is 0 Å². The minimum absolute atomic E-state index is 0.0383. The highest BCUT2D eigenvalue weighted by molar-refractivity contribution is 7.89. The molecule has 1 aromatic rings. The van der Waals surface area contributed by atoms with E-state index in [1.54, 1.807) is 14.0 Å². The van der Waals surface area contributed by atoms with Crippen LogP contribution in [-0.2, 0) is 10.0 Å². The quantitative estimate of drug-likeness (QED) is 0.697. The summed E-state index contributed by atoms with van der Waals surface area (Å²) in [6, 6.07) is 7.29. The first-order chi connectivity index (χ1) is 9.93. The zero-order chi connectivity index (χ0) is 15.9. The molecule has 0 saturated heterocycles. The SMILES string of the molecule is CCS(=O)(=O)NCCN(C)C(CO)c1ccc(OC)cc1. The maximum Gasteiger partial charge on any atom is 0.211 e. The summed E-state index contributed by atoms with van der Waals surface area (Å²) in [4.78, 5) is 1.92. The summed E-state index contributed by atoms with van der Waals surface area (Å²) in [6.45, 7) is 2.39. The number of benzene rings is 1. The molecule has 0 bridgehead atoms. The van der Waals surface area contributed by atoms with Crippen molar-refractivity contribution in [3.8, 4) is 5.75 Å². The number of sulfonamides is 1. The third-order valence-corrected chi connectivity index (χ3v) is 4.78. The van der Waals surface area contributed by atoms with Crippen LogP contribution >= 0.6 is 0 Å². The molecule has 120 valence electrons. The zero-order valence-corrected chi connectivity index (χ0v) is 13.6. The molecule has 7 heteroatoms. The van der Waals surface area contributed by atoms with E-state index in [2.05, 4.69) is 4.72 Å². The Hall–Kier alpha value is -1.15. The van der Waals surface area contributed by atoms with Gasteiger partial charge in [-0.25, -0.2) is 13.1 Å². The molecule has 6 nitrogen and oxygen atoms in total. The van der Waals surface area contributed by atoms with E-state index in [0.717, 1.165) is 11.3 Å². The van der Waals surface area contributed by atoms with E-state index in [1.807, 2.05) is 36.2 Å². The van der Waals surface area contributed by atoms with Gasteiger partial charge in [0, 0.05) is 13.1 Å². The summed E-state index contributed by atoms with van der Waals surface area (Å²) in [5.74, 6) is 0.826. The van der Waals surface area contributed by atoms with Crippen LogP contribution < -0.4 is 9.46 Å². The topological polar surface area (TPSA) is 78.9 Å². The number of ether oxygens (including phenoxy) is 1. The van der Waals surface area contributed by atoms with Crippen molar-refractivity contribution in [1.82, 2.24) is 9.62 Å². The van der Waals surface area contributed by atoms with Crippen LogP contribution in [0.1, 0.15) is 18.5 Å². The Morgan fingerprint density at radius 2 is 1.95 bits per heavy atom. The van der Waals surface area contributed by atoms with Crippen molar-refractivity contribution < 1.29 is 18.3 Å². The van der Waals surface area contributed by atoms with E-state index >= 15 is 0 Å². The maximum atomic E-state index is 11.4. The van der Waals surface area contributed by atoms with Crippen molar-refractivity contribution >= 4 is 10.0 Å². The molecule has 0 spiro atoms. The Balaban J connectivity index is 2.62. The number of likely N-dealkylation sites (N-methyl/N-ethyl adjacent to an activating group) is 1. The fourth-order valence-corrected chi connectivity index (χ4v) is 2.57. The van der Waals surface area contributed by atoms with Crippen molar-refractivity contribution in [1.29, 1.82) is 0 Å². The molecule has 0 fully saturated rings. The summed E-state index contributed by atoms with van der Waals surface area (Å²) in [5, 5.41) is 9.57. The number of aliphatic hydroxyl groups excluding tert-OH is 1. The van der Waals surface area contributed by atoms with Crippen LogP contribution in [0.2, 0.25) is 0 Å². The van der Waals surface area contributed by atoms with Gasteiger partial charge in [-0.05, 0) is 31.7 Å². The molecule has 0 aliphatic rings. The molecule has 0 aliphatic heterocycles. The number of nitrogens with zero attached hydrogens (tertiary/aromatic N) is 1. The summed E-state index contributed by atoms with van der Waals surface area (Å²) in [6.07, 6.45) is 0. The molecule has 0 aromatic heterocycles. The van der Waals surface area contributed by atoms with E-state index < -0.39 is 10.0 Å².